The van der Waals surface area contributed by atoms with Crippen molar-refractivity contribution in [2.75, 3.05) is 34.3 Å². The van der Waals surface area contributed by atoms with E-state index in [1.165, 1.54) is 18.4 Å². The molecule has 21 heavy (non-hydrogen) atoms. The maximum Gasteiger partial charge on any atom is 0.193 e. The zero-order chi connectivity index (χ0) is 15.5. The Bertz CT molecular complexity index is 415. The van der Waals surface area contributed by atoms with Crippen LogP contribution in [0.2, 0.25) is 0 Å². The second-order valence-corrected chi connectivity index (χ2v) is 5.20. The summed E-state index contributed by atoms with van der Waals surface area (Å²) >= 11 is 0. The van der Waals surface area contributed by atoms with Crippen molar-refractivity contribution in [1.82, 2.24) is 10.2 Å². The minimum atomic E-state index is 0.912. The molecule has 1 N–H and O–H groups in total. The van der Waals surface area contributed by atoms with Crippen molar-refractivity contribution in [3.8, 4) is 5.75 Å². The van der Waals surface area contributed by atoms with Crippen molar-refractivity contribution < 1.29 is 4.74 Å². The van der Waals surface area contributed by atoms with Crippen LogP contribution in [-0.2, 0) is 6.42 Å². The van der Waals surface area contributed by atoms with Gasteiger partial charge in [0.2, 0.25) is 0 Å². The van der Waals surface area contributed by atoms with Crippen LogP contribution < -0.4 is 10.1 Å². The number of rotatable bonds is 8. The van der Waals surface area contributed by atoms with Gasteiger partial charge in [-0.2, -0.15) is 0 Å². The highest BCUT2D eigenvalue weighted by Gasteiger charge is 2.04. The predicted octanol–water partition coefficient (Wildman–Crippen LogP) is 2.94. The van der Waals surface area contributed by atoms with Gasteiger partial charge in [-0.05, 0) is 37.0 Å². The predicted molar refractivity (Wildman–Crippen MR) is 90.2 cm³/mol. The van der Waals surface area contributed by atoms with Crippen LogP contribution in [0.15, 0.2) is 29.3 Å². The monoisotopic (exact) mass is 291 g/mol. The third-order valence-electron chi connectivity index (χ3n) is 3.50. The number of benzene rings is 1. The van der Waals surface area contributed by atoms with Gasteiger partial charge in [-0.1, -0.05) is 25.5 Å². The lowest BCUT2D eigenvalue weighted by Gasteiger charge is -2.21. The minimum absolute atomic E-state index is 0.912. The number of aryl methyl sites for hydroxylation is 1. The first-order chi connectivity index (χ1) is 10.2. The number of aliphatic imine (C=N–C) groups is 1. The Labute approximate surface area is 129 Å². The lowest BCUT2D eigenvalue weighted by Crippen LogP contribution is -2.39. The molecule has 0 saturated heterocycles. The SMILES string of the molecule is CCCCN(C)C(=NC)NCCCc1ccc(OC)cc1. The first-order valence-corrected chi connectivity index (χ1v) is 7.76. The molecule has 0 heterocycles. The molecule has 1 rings (SSSR count). The molecule has 0 bridgehead atoms. The van der Waals surface area contributed by atoms with Gasteiger partial charge in [-0.3, -0.25) is 4.99 Å². The molecule has 1 aromatic rings. The number of hydrogen-bond donors (Lipinski definition) is 1. The van der Waals surface area contributed by atoms with Crippen LogP contribution in [0.5, 0.6) is 5.75 Å². The first kappa shape index (κ1) is 17.3. The maximum absolute atomic E-state index is 5.17. The van der Waals surface area contributed by atoms with Crippen molar-refractivity contribution in [2.24, 2.45) is 4.99 Å². The van der Waals surface area contributed by atoms with Crippen LogP contribution in [0.3, 0.4) is 0 Å². The summed E-state index contributed by atoms with van der Waals surface area (Å²) in [6, 6.07) is 8.28. The third kappa shape index (κ3) is 6.52. The number of nitrogens with one attached hydrogen (secondary N) is 1. The standard InChI is InChI=1S/C17H29N3O/c1-5-6-14-20(3)17(18-2)19-13-7-8-15-9-11-16(21-4)12-10-15/h9-12H,5-8,13-14H2,1-4H3,(H,18,19). The van der Waals surface area contributed by atoms with E-state index in [9.17, 15) is 0 Å². The van der Waals surface area contributed by atoms with E-state index >= 15 is 0 Å². The Kier molecular flexibility index (Phi) is 8.32. The van der Waals surface area contributed by atoms with Crippen LogP contribution in [0, 0.1) is 0 Å². The Balaban J connectivity index is 2.28. The van der Waals surface area contributed by atoms with Gasteiger partial charge >= 0.3 is 0 Å². The summed E-state index contributed by atoms with van der Waals surface area (Å²) in [6.07, 6.45) is 4.56. The van der Waals surface area contributed by atoms with Crippen molar-refractivity contribution in [3.63, 3.8) is 0 Å². The van der Waals surface area contributed by atoms with Gasteiger partial charge in [0.1, 0.15) is 5.75 Å². The second-order valence-electron chi connectivity index (χ2n) is 5.20. The summed E-state index contributed by atoms with van der Waals surface area (Å²) < 4.78 is 5.17. The van der Waals surface area contributed by atoms with Crippen LogP contribution in [0.25, 0.3) is 0 Å². The average molecular weight is 291 g/mol. The summed E-state index contributed by atoms with van der Waals surface area (Å²) in [7, 11) is 5.63. The third-order valence-corrected chi connectivity index (χ3v) is 3.50. The minimum Gasteiger partial charge on any atom is -0.497 e. The highest BCUT2D eigenvalue weighted by Crippen LogP contribution is 2.12. The summed E-state index contributed by atoms with van der Waals surface area (Å²) in [4.78, 5) is 6.51. The molecule has 118 valence electrons. The van der Waals surface area contributed by atoms with E-state index in [0.717, 1.165) is 37.6 Å². The zero-order valence-electron chi connectivity index (χ0n) is 13.9. The first-order valence-electron chi connectivity index (χ1n) is 7.76. The number of nitrogens with zero attached hydrogens (tertiary/aromatic N) is 2. The number of guanidine groups is 1. The molecule has 0 radical (unpaired) electrons. The molecule has 0 spiro atoms. The normalized spacial score (nSPS) is 11.3. The number of methoxy groups -OCH3 is 1. The molecule has 1 aromatic carbocycles. The fourth-order valence-electron chi connectivity index (χ4n) is 2.17. The van der Waals surface area contributed by atoms with E-state index in [4.69, 9.17) is 4.74 Å². The van der Waals surface area contributed by atoms with E-state index < -0.39 is 0 Å². The van der Waals surface area contributed by atoms with E-state index in [1.54, 1.807) is 7.11 Å². The van der Waals surface area contributed by atoms with E-state index in [1.807, 2.05) is 19.2 Å². The van der Waals surface area contributed by atoms with Crippen molar-refractivity contribution in [2.45, 2.75) is 32.6 Å². The van der Waals surface area contributed by atoms with Crippen molar-refractivity contribution in [3.05, 3.63) is 29.8 Å². The quantitative estimate of drug-likeness (QED) is 0.454. The van der Waals surface area contributed by atoms with Gasteiger partial charge in [0.25, 0.3) is 0 Å². The maximum atomic E-state index is 5.17. The fourth-order valence-corrected chi connectivity index (χ4v) is 2.17. The zero-order valence-corrected chi connectivity index (χ0v) is 13.9. The smallest absolute Gasteiger partial charge is 0.193 e. The molecule has 0 fully saturated rings. The Morgan fingerprint density at radius 2 is 1.95 bits per heavy atom. The second kappa shape index (κ2) is 10.1. The molecule has 0 aliphatic carbocycles. The van der Waals surface area contributed by atoms with Gasteiger partial charge in [-0.15, -0.1) is 0 Å². The molecule has 0 aliphatic rings. The average Bonchev–Trinajstić information content (AvgIpc) is 2.53. The summed E-state index contributed by atoms with van der Waals surface area (Å²) in [5, 5.41) is 3.42. The Morgan fingerprint density at radius 1 is 1.24 bits per heavy atom. The van der Waals surface area contributed by atoms with Crippen molar-refractivity contribution >= 4 is 5.96 Å². The highest BCUT2D eigenvalue weighted by molar-refractivity contribution is 5.79. The summed E-state index contributed by atoms with van der Waals surface area (Å²) in [5.74, 6) is 1.90. The van der Waals surface area contributed by atoms with Crippen LogP contribution in [-0.4, -0.2) is 45.2 Å². The lowest BCUT2D eigenvalue weighted by atomic mass is 10.1. The van der Waals surface area contributed by atoms with Gasteiger partial charge < -0.3 is 15.0 Å². The molecule has 4 nitrogen and oxygen atoms in total. The van der Waals surface area contributed by atoms with Crippen LogP contribution >= 0.6 is 0 Å². The molecular weight excluding hydrogens is 262 g/mol. The van der Waals surface area contributed by atoms with E-state index in [-0.39, 0.29) is 0 Å². The largest absolute Gasteiger partial charge is 0.497 e. The van der Waals surface area contributed by atoms with E-state index in [2.05, 4.69) is 41.3 Å². The number of unbranched alkanes of at least 4 members (excludes halogenated alkanes) is 1. The molecular formula is C17H29N3O. The molecule has 0 amide bonds. The van der Waals surface area contributed by atoms with Gasteiger partial charge in [0.15, 0.2) is 5.96 Å². The molecule has 0 aromatic heterocycles. The van der Waals surface area contributed by atoms with Crippen LogP contribution in [0.1, 0.15) is 31.7 Å². The number of ether oxygens (including phenoxy) is 1. The molecule has 4 heteroatoms. The molecule has 0 atom stereocenters. The highest BCUT2D eigenvalue weighted by atomic mass is 16.5. The molecule has 0 saturated carbocycles. The van der Waals surface area contributed by atoms with Crippen LogP contribution in [0.4, 0.5) is 0 Å². The van der Waals surface area contributed by atoms with Gasteiger partial charge in [0, 0.05) is 27.2 Å². The lowest BCUT2D eigenvalue weighted by molar-refractivity contribution is 0.414. The number of hydrogen-bond acceptors (Lipinski definition) is 2. The molecule has 0 aliphatic heterocycles. The molecule has 0 unspecified atom stereocenters. The van der Waals surface area contributed by atoms with Gasteiger partial charge in [0.05, 0.1) is 7.11 Å². The van der Waals surface area contributed by atoms with Gasteiger partial charge in [-0.25, -0.2) is 0 Å². The topological polar surface area (TPSA) is 36.9 Å². The van der Waals surface area contributed by atoms with Crippen molar-refractivity contribution in [1.29, 1.82) is 0 Å². The Hall–Kier alpha value is -1.71. The fraction of sp³-hybridized carbons (Fsp3) is 0.588. The van der Waals surface area contributed by atoms with E-state index in [0.29, 0.717) is 0 Å². The Morgan fingerprint density at radius 3 is 2.52 bits per heavy atom. The summed E-state index contributed by atoms with van der Waals surface area (Å²) in [5.41, 5.74) is 1.34. The summed E-state index contributed by atoms with van der Waals surface area (Å²) in [6.45, 7) is 4.20.